The van der Waals surface area contributed by atoms with Gasteiger partial charge in [-0.2, -0.15) is 52.7 Å². The van der Waals surface area contributed by atoms with E-state index in [-0.39, 0.29) is 0 Å². The first-order chi connectivity index (χ1) is 12.7. The maximum atomic E-state index is 14.7. The molecule has 0 aromatic heterocycles. The molecule has 0 saturated heterocycles. The average Bonchev–Trinajstić information content (AvgIpc) is 2.52. The SMILES string of the molecule is FC(F)(Br)OC1(F)C2(F)C(F)(F)C3(F)C(F)(F)C(F)(C2(F)F)C(F)(F)C1(F)C3(F)F. The van der Waals surface area contributed by atoms with E-state index in [1.807, 2.05) is 0 Å². The number of hydrogen-bond acceptors (Lipinski definition) is 1. The summed E-state index contributed by atoms with van der Waals surface area (Å²) < 4.78 is 241. The van der Waals surface area contributed by atoms with Crippen LogP contribution >= 0.6 is 15.9 Å². The average molecular weight is 551 g/mol. The molecule has 0 N–H and O–H groups in total. The van der Waals surface area contributed by atoms with Crippen molar-refractivity contribution in [1.82, 2.24) is 0 Å². The molecule has 0 atom stereocenters. The molecule has 30 heavy (non-hydrogen) atoms. The molecule has 0 aromatic rings. The van der Waals surface area contributed by atoms with E-state index in [0.717, 1.165) is 0 Å². The monoisotopic (exact) mass is 550 g/mol. The quantitative estimate of drug-likeness (QED) is 0.318. The first-order valence-electron chi connectivity index (χ1n) is 6.81. The number of ether oxygens (including phenoxy) is 1. The highest BCUT2D eigenvalue weighted by molar-refractivity contribution is 9.09. The van der Waals surface area contributed by atoms with Gasteiger partial charge >= 0.3 is 63.2 Å². The largest absolute Gasteiger partial charge is 0.417 e. The first kappa shape index (κ1) is 23.9. The van der Waals surface area contributed by atoms with Crippen molar-refractivity contribution in [2.24, 2.45) is 0 Å². The lowest BCUT2D eigenvalue weighted by molar-refractivity contribution is -0.623. The van der Waals surface area contributed by atoms with E-state index in [4.69, 9.17) is 0 Å². The predicted molar refractivity (Wildman–Crippen MR) is 58.9 cm³/mol. The van der Waals surface area contributed by atoms with E-state index in [9.17, 15) is 74.6 Å². The molecule has 0 aromatic carbocycles. The lowest BCUT2D eigenvalue weighted by atomic mass is 9.40. The number of halogens is 18. The summed E-state index contributed by atoms with van der Waals surface area (Å²) in [7, 11) is 0. The highest BCUT2D eigenvalue weighted by Gasteiger charge is 3.23. The zero-order valence-corrected chi connectivity index (χ0v) is 14.3. The molecule has 4 fully saturated rings. The summed E-state index contributed by atoms with van der Waals surface area (Å²) in [5.41, 5.74) is -31.7. The highest BCUT2D eigenvalue weighted by Crippen LogP contribution is 2.89. The lowest BCUT2D eigenvalue weighted by Crippen LogP contribution is -3.09. The zero-order valence-electron chi connectivity index (χ0n) is 12.7. The molecule has 4 aliphatic carbocycles. The summed E-state index contributed by atoms with van der Waals surface area (Å²) in [6.07, 6.45) is 0. The maximum Gasteiger partial charge on any atom is 0.417 e. The molecular formula is C11BrF17O. The van der Waals surface area contributed by atoms with Crippen molar-refractivity contribution in [3.63, 3.8) is 0 Å². The van der Waals surface area contributed by atoms with Crippen LogP contribution in [-0.4, -0.2) is 63.2 Å². The van der Waals surface area contributed by atoms with E-state index in [1.165, 1.54) is 0 Å². The Balaban J connectivity index is 2.68. The van der Waals surface area contributed by atoms with E-state index in [2.05, 4.69) is 4.74 Å². The van der Waals surface area contributed by atoms with Crippen LogP contribution < -0.4 is 0 Å². The van der Waals surface area contributed by atoms with Gasteiger partial charge in [-0.15, -0.1) is 0 Å². The van der Waals surface area contributed by atoms with Crippen LogP contribution in [0.25, 0.3) is 0 Å². The second-order valence-electron chi connectivity index (χ2n) is 6.65. The molecule has 0 amide bonds. The fraction of sp³-hybridized carbons (Fsp3) is 1.00. The van der Waals surface area contributed by atoms with Gasteiger partial charge in [0.15, 0.2) is 0 Å². The second-order valence-corrected chi connectivity index (χ2v) is 7.57. The fourth-order valence-corrected chi connectivity index (χ4v) is 4.33. The minimum atomic E-state index is -8.05. The summed E-state index contributed by atoms with van der Waals surface area (Å²) in [6.45, 7) is 0. The van der Waals surface area contributed by atoms with Crippen molar-refractivity contribution < 1.29 is 79.4 Å². The van der Waals surface area contributed by atoms with Crippen LogP contribution in [0.3, 0.4) is 0 Å². The zero-order chi connectivity index (χ0) is 24.2. The predicted octanol–water partition coefficient (Wildman–Crippen LogP) is 5.66. The Kier molecular flexibility index (Phi) is 3.81. The van der Waals surface area contributed by atoms with Gasteiger partial charge in [-0.25, -0.2) is 22.0 Å². The third-order valence-corrected chi connectivity index (χ3v) is 5.63. The molecular weight excluding hydrogens is 551 g/mol. The molecule has 0 heterocycles. The standard InChI is InChI=1S/C11BrF17O/c12-11(28,29)30-10(27)3(15)6(19,20)1(13)5(17,18)2(14,8(3,23)24)9(25,26)4(10,16)7(1,21)22. The van der Waals surface area contributed by atoms with E-state index in [0.29, 0.717) is 15.9 Å². The van der Waals surface area contributed by atoms with Gasteiger partial charge in [-0.3, -0.25) is 4.74 Å². The number of rotatable bonds is 2. The van der Waals surface area contributed by atoms with Crippen LogP contribution in [0.2, 0.25) is 0 Å². The number of alkyl halides is 18. The normalized spacial score (nSPS) is 51.8. The summed E-state index contributed by atoms with van der Waals surface area (Å²) in [6, 6.07) is 0. The van der Waals surface area contributed by atoms with Gasteiger partial charge in [-0.1, -0.05) is 0 Å². The second kappa shape index (κ2) is 4.78. The van der Waals surface area contributed by atoms with Crippen molar-refractivity contribution in [2.45, 2.75) is 63.2 Å². The van der Waals surface area contributed by atoms with E-state index in [1.54, 1.807) is 0 Å². The Bertz CT molecular complexity index is 727. The van der Waals surface area contributed by atoms with Gasteiger partial charge in [0.1, 0.15) is 0 Å². The molecule has 0 aliphatic heterocycles. The van der Waals surface area contributed by atoms with Crippen LogP contribution in [0, 0.1) is 0 Å². The smallest absolute Gasteiger partial charge is 0.266 e. The maximum absolute atomic E-state index is 14.7. The van der Waals surface area contributed by atoms with Crippen LogP contribution in [0.4, 0.5) is 74.6 Å². The molecule has 0 unspecified atom stereocenters. The molecule has 4 rings (SSSR count). The van der Waals surface area contributed by atoms with Gasteiger partial charge in [0.2, 0.25) is 0 Å². The summed E-state index contributed by atoms with van der Waals surface area (Å²) >= 11 is 0.688. The summed E-state index contributed by atoms with van der Waals surface area (Å²) in [5.74, 6) is -48.0. The van der Waals surface area contributed by atoms with Gasteiger partial charge in [0, 0.05) is 15.9 Å². The van der Waals surface area contributed by atoms with Crippen LogP contribution in [0.5, 0.6) is 0 Å². The Hall–Kier alpha value is -0.750. The Labute approximate surface area is 159 Å². The van der Waals surface area contributed by atoms with Crippen LogP contribution in [0.1, 0.15) is 0 Å². The minimum absolute atomic E-state index is 0.688. The molecule has 1 nitrogen and oxygen atoms in total. The van der Waals surface area contributed by atoms with Crippen molar-refractivity contribution in [3.05, 3.63) is 0 Å². The molecule has 4 aliphatic rings. The third kappa shape index (κ3) is 1.46. The van der Waals surface area contributed by atoms with E-state index >= 15 is 0 Å². The third-order valence-electron chi connectivity index (χ3n) is 5.47. The Morgan fingerprint density at radius 2 is 0.633 bits per heavy atom. The van der Waals surface area contributed by atoms with Crippen molar-refractivity contribution in [3.8, 4) is 0 Å². The molecule has 4 bridgehead atoms. The Morgan fingerprint density at radius 1 is 0.433 bits per heavy atom. The van der Waals surface area contributed by atoms with Crippen LogP contribution in [-0.2, 0) is 4.74 Å². The van der Waals surface area contributed by atoms with Crippen molar-refractivity contribution in [2.75, 3.05) is 0 Å². The molecule has 19 heteroatoms. The minimum Gasteiger partial charge on any atom is -0.266 e. The van der Waals surface area contributed by atoms with Gasteiger partial charge in [0.05, 0.1) is 0 Å². The van der Waals surface area contributed by atoms with Crippen molar-refractivity contribution in [1.29, 1.82) is 0 Å². The number of hydrogen-bond donors (Lipinski definition) is 0. The molecule has 0 spiro atoms. The van der Waals surface area contributed by atoms with Crippen LogP contribution in [0.15, 0.2) is 0 Å². The summed E-state index contributed by atoms with van der Waals surface area (Å²) in [4.78, 5) is 0. The van der Waals surface area contributed by atoms with Gasteiger partial charge < -0.3 is 0 Å². The molecule has 0 radical (unpaired) electrons. The van der Waals surface area contributed by atoms with Crippen molar-refractivity contribution >= 4 is 15.9 Å². The van der Waals surface area contributed by atoms with Gasteiger partial charge in [-0.05, 0) is 0 Å². The Morgan fingerprint density at radius 3 is 0.833 bits per heavy atom. The van der Waals surface area contributed by atoms with Gasteiger partial charge in [0.25, 0.3) is 0 Å². The highest BCUT2D eigenvalue weighted by atomic mass is 79.9. The molecule has 176 valence electrons. The molecule has 4 saturated carbocycles. The fourth-order valence-electron chi connectivity index (χ4n) is 4.11. The lowest BCUT2D eigenvalue weighted by Gasteiger charge is -2.74. The summed E-state index contributed by atoms with van der Waals surface area (Å²) in [5, 5.41) is -6.01. The topological polar surface area (TPSA) is 9.23 Å². The van der Waals surface area contributed by atoms with E-state index < -0.39 is 63.2 Å². The first-order valence-corrected chi connectivity index (χ1v) is 7.60.